The van der Waals surface area contributed by atoms with Crippen molar-refractivity contribution >= 4 is 27.6 Å². The molecule has 0 saturated carbocycles. The van der Waals surface area contributed by atoms with E-state index in [1.54, 1.807) is 18.2 Å². The first-order chi connectivity index (χ1) is 13.8. The number of sulfonamides is 1. The van der Waals surface area contributed by atoms with Crippen LogP contribution < -0.4 is 10.0 Å². The monoisotopic (exact) mass is 416 g/mol. The predicted molar refractivity (Wildman–Crippen MR) is 109 cm³/mol. The molecule has 0 radical (unpaired) electrons. The molecular weight excluding hydrogens is 392 g/mol. The van der Waals surface area contributed by atoms with Crippen molar-refractivity contribution < 1.29 is 22.7 Å². The highest BCUT2D eigenvalue weighted by Gasteiger charge is 2.20. The van der Waals surface area contributed by atoms with Crippen LogP contribution in [0.1, 0.15) is 30.9 Å². The lowest BCUT2D eigenvalue weighted by atomic mass is 10.1. The predicted octanol–water partition coefficient (Wildman–Crippen LogP) is 2.41. The van der Waals surface area contributed by atoms with E-state index in [1.165, 1.54) is 30.2 Å². The third-order valence-electron chi connectivity index (χ3n) is 4.72. The van der Waals surface area contributed by atoms with Gasteiger partial charge in [-0.15, -0.1) is 0 Å². The smallest absolute Gasteiger partial charge is 0.307 e. The molecule has 0 aliphatic heterocycles. The van der Waals surface area contributed by atoms with Crippen LogP contribution in [-0.2, 0) is 37.2 Å². The third-order valence-corrected chi connectivity index (χ3v) is 6.20. The van der Waals surface area contributed by atoms with Gasteiger partial charge >= 0.3 is 5.97 Å². The van der Waals surface area contributed by atoms with Crippen LogP contribution in [0, 0.1) is 0 Å². The lowest BCUT2D eigenvalue weighted by Crippen LogP contribution is -2.32. The molecule has 8 heteroatoms. The molecular formula is C21H24N2O5S. The molecule has 0 fully saturated rings. The molecule has 7 nitrogen and oxygen atoms in total. The van der Waals surface area contributed by atoms with E-state index in [9.17, 15) is 18.0 Å². The molecule has 0 bridgehead atoms. The van der Waals surface area contributed by atoms with Crippen LogP contribution >= 0.6 is 0 Å². The minimum Gasteiger partial charge on any atom is -0.452 e. The molecule has 2 aromatic carbocycles. The van der Waals surface area contributed by atoms with Crippen LogP contribution in [0.5, 0.6) is 0 Å². The number of nitrogens with one attached hydrogen (secondary N) is 2. The largest absolute Gasteiger partial charge is 0.452 e. The summed E-state index contributed by atoms with van der Waals surface area (Å²) in [5.74, 6) is -1.08. The average molecular weight is 416 g/mol. The van der Waals surface area contributed by atoms with E-state index in [4.69, 9.17) is 4.74 Å². The van der Waals surface area contributed by atoms with Crippen LogP contribution in [-0.4, -0.2) is 32.9 Å². The van der Waals surface area contributed by atoms with Crippen LogP contribution in [0.2, 0.25) is 0 Å². The van der Waals surface area contributed by atoms with Gasteiger partial charge in [0, 0.05) is 12.2 Å². The fourth-order valence-corrected chi connectivity index (χ4v) is 4.23. The molecule has 0 heterocycles. The molecule has 29 heavy (non-hydrogen) atoms. The van der Waals surface area contributed by atoms with E-state index in [1.807, 2.05) is 18.2 Å². The van der Waals surface area contributed by atoms with Crippen molar-refractivity contribution in [1.29, 1.82) is 0 Å². The zero-order valence-corrected chi connectivity index (χ0v) is 17.0. The molecule has 0 unspecified atom stereocenters. The van der Waals surface area contributed by atoms with E-state index in [-0.39, 0.29) is 17.9 Å². The van der Waals surface area contributed by atoms with Crippen molar-refractivity contribution in [3.63, 3.8) is 0 Å². The van der Waals surface area contributed by atoms with E-state index in [2.05, 4.69) is 10.0 Å². The summed E-state index contributed by atoms with van der Waals surface area (Å²) in [7, 11) is -3.68. The molecule has 2 N–H and O–H groups in total. The Morgan fingerprint density at radius 3 is 2.55 bits per heavy atom. The summed E-state index contributed by atoms with van der Waals surface area (Å²) in [4.78, 5) is 24.3. The van der Waals surface area contributed by atoms with Gasteiger partial charge in [0.1, 0.15) is 0 Å². The summed E-state index contributed by atoms with van der Waals surface area (Å²) in [6.45, 7) is 1.37. The molecule has 2 aromatic rings. The number of anilines is 1. The van der Waals surface area contributed by atoms with E-state index >= 15 is 0 Å². The molecule has 3 rings (SSSR count). The lowest BCUT2D eigenvalue weighted by Gasteiger charge is -2.14. The SMILES string of the molecule is C[C@H](OC(=O)CCNS(=O)(=O)c1ccccc1)C(=O)Nc1ccc2c(c1)CCC2. The van der Waals surface area contributed by atoms with Crippen molar-refractivity contribution in [2.75, 3.05) is 11.9 Å². The van der Waals surface area contributed by atoms with E-state index < -0.39 is 28.0 Å². The van der Waals surface area contributed by atoms with Crippen LogP contribution in [0.25, 0.3) is 0 Å². The summed E-state index contributed by atoms with van der Waals surface area (Å²) in [5, 5.41) is 2.75. The highest BCUT2D eigenvalue weighted by atomic mass is 32.2. The maximum atomic E-state index is 12.3. The van der Waals surface area contributed by atoms with Gasteiger partial charge in [-0.05, 0) is 61.6 Å². The van der Waals surface area contributed by atoms with Gasteiger partial charge in [0.2, 0.25) is 10.0 Å². The normalized spacial score (nSPS) is 14.1. The summed E-state index contributed by atoms with van der Waals surface area (Å²) >= 11 is 0. The molecule has 0 saturated heterocycles. The minimum atomic E-state index is -3.68. The maximum absolute atomic E-state index is 12.3. The number of ether oxygens (including phenoxy) is 1. The second kappa shape index (κ2) is 9.19. The summed E-state index contributed by atoms with van der Waals surface area (Å²) < 4.78 is 31.7. The molecule has 1 amide bonds. The zero-order chi connectivity index (χ0) is 20.9. The quantitative estimate of drug-likeness (QED) is 0.644. The average Bonchev–Trinajstić information content (AvgIpc) is 3.16. The van der Waals surface area contributed by atoms with Crippen molar-refractivity contribution in [3.8, 4) is 0 Å². The third kappa shape index (κ3) is 5.65. The second-order valence-corrected chi connectivity index (χ2v) is 8.69. The van der Waals surface area contributed by atoms with Crippen molar-refractivity contribution in [2.24, 2.45) is 0 Å². The first-order valence-corrected chi connectivity index (χ1v) is 11.0. The van der Waals surface area contributed by atoms with E-state index in [0.29, 0.717) is 5.69 Å². The second-order valence-electron chi connectivity index (χ2n) is 6.92. The number of fused-ring (bicyclic) bond motifs is 1. The fraction of sp³-hybridized carbons (Fsp3) is 0.333. The van der Waals surface area contributed by atoms with Gasteiger partial charge in [0.15, 0.2) is 6.10 Å². The number of hydrogen-bond donors (Lipinski definition) is 2. The Kier molecular flexibility index (Phi) is 6.66. The fourth-order valence-electron chi connectivity index (χ4n) is 3.17. The number of carbonyl (C=O) groups excluding carboxylic acids is 2. The number of hydrogen-bond acceptors (Lipinski definition) is 5. The van der Waals surface area contributed by atoms with Crippen molar-refractivity contribution in [3.05, 3.63) is 59.7 Å². The highest BCUT2D eigenvalue weighted by Crippen LogP contribution is 2.25. The Balaban J connectivity index is 1.44. The van der Waals surface area contributed by atoms with Crippen molar-refractivity contribution in [1.82, 2.24) is 4.72 Å². The first kappa shape index (κ1) is 21.0. The van der Waals surface area contributed by atoms with Crippen LogP contribution in [0.3, 0.4) is 0 Å². The van der Waals surface area contributed by atoms with Crippen LogP contribution in [0.15, 0.2) is 53.4 Å². The van der Waals surface area contributed by atoms with E-state index in [0.717, 1.165) is 19.3 Å². The van der Waals surface area contributed by atoms with Gasteiger partial charge < -0.3 is 10.1 Å². The van der Waals surface area contributed by atoms with Gasteiger partial charge in [-0.2, -0.15) is 0 Å². The number of aryl methyl sites for hydroxylation is 2. The summed E-state index contributed by atoms with van der Waals surface area (Å²) in [6, 6.07) is 13.7. The number of carbonyl (C=O) groups is 2. The number of amides is 1. The molecule has 1 atom stereocenters. The topological polar surface area (TPSA) is 102 Å². The molecule has 1 aliphatic carbocycles. The Bertz CT molecular complexity index is 989. The Labute approximate surface area is 170 Å². The first-order valence-electron chi connectivity index (χ1n) is 9.52. The number of rotatable bonds is 8. The standard InChI is InChI=1S/C21H24N2O5S/c1-15(21(25)23-18-11-10-16-6-5-7-17(16)14-18)28-20(24)12-13-22-29(26,27)19-8-3-2-4-9-19/h2-4,8-11,14-15,22H,5-7,12-13H2,1H3,(H,23,25)/t15-/m0/s1. The number of esters is 1. The minimum absolute atomic E-state index is 0.116. The highest BCUT2D eigenvalue weighted by molar-refractivity contribution is 7.89. The molecule has 154 valence electrons. The Morgan fingerprint density at radius 2 is 1.79 bits per heavy atom. The summed E-state index contributed by atoms with van der Waals surface area (Å²) in [6.07, 6.45) is 2.02. The molecule has 0 spiro atoms. The maximum Gasteiger partial charge on any atom is 0.307 e. The molecule has 1 aliphatic rings. The summed E-state index contributed by atoms with van der Waals surface area (Å²) in [5.41, 5.74) is 3.22. The zero-order valence-electron chi connectivity index (χ0n) is 16.2. The molecule has 0 aromatic heterocycles. The Hall–Kier alpha value is -2.71. The van der Waals surface area contributed by atoms with Gasteiger partial charge in [0.25, 0.3) is 5.91 Å². The van der Waals surface area contributed by atoms with Crippen LogP contribution in [0.4, 0.5) is 5.69 Å². The van der Waals surface area contributed by atoms with Gasteiger partial charge in [-0.1, -0.05) is 24.3 Å². The van der Waals surface area contributed by atoms with Gasteiger partial charge in [-0.25, -0.2) is 13.1 Å². The Morgan fingerprint density at radius 1 is 1.07 bits per heavy atom. The lowest BCUT2D eigenvalue weighted by molar-refractivity contribution is -0.152. The van der Waals surface area contributed by atoms with Crippen molar-refractivity contribution in [2.45, 2.75) is 43.6 Å². The number of benzene rings is 2. The van der Waals surface area contributed by atoms with Gasteiger partial charge in [0.05, 0.1) is 11.3 Å². The van der Waals surface area contributed by atoms with Gasteiger partial charge in [-0.3, -0.25) is 9.59 Å².